The van der Waals surface area contributed by atoms with Gasteiger partial charge in [0, 0.05) is 25.0 Å². The molecule has 1 aliphatic heterocycles. The average Bonchev–Trinajstić information content (AvgIpc) is 3.00. The van der Waals surface area contributed by atoms with E-state index in [1.165, 1.54) is 0 Å². The van der Waals surface area contributed by atoms with Crippen molar-refractivity contribution in [1.29, 1.82) is 0 Å². The quantitative estimate of drug-likeness (QED) is 0.694. The number of fused-ring (bicyclic) bond motifs is 3. The zero-order valence-electron chi connectivity index (χ0n) is 15.1. The van der Waals surface area contributed by atoms with E-state index in [1.54, 1.807) is 17.9 Å². The van der Waals surface area contributed by atoms with Crippen molar-refractivity contribution in [3.05, 3.63) is 36.3 Å². The molecule has 0 bridgehead atoms. The van der Waals surface area contributed by atoms with Crippen molar-refractivity contribution < 1.29 is 18.3 Å². The van der Waals surface area contributed by atoms with Crippen molar-refractivity contribution >= 4 is 21.9 Å². The van der Waals surface area contributed by atoms with Gasteiger partial charge in [-0.1, -0.05) is 18.2 Å². The normalized spacial score (nSPS) is 27.7. The second-order valence-electron chi connectivity index (χ2n) is 7.49. The number of hydrogen-bond donors (Lipinski definition) is 0. The molecule has 142 valence electrons. The second-order valence-corrected chi connectivity index (χ2v) is 7.49. The van der Waals surface area contributed by atoms with E-state index in [9.17, 15) is 8.78 Å². The Kier molecular flexibility index (Phi) is 3.91. The Labute approximate surface area is 155 Å². The van der Waals surface area contributed by atoms with Crippen molar-refractivity contribution in [3.63, 3.8) is 0 Å². The van der Waals surface area contributed by atoms with Crippen molar-refractivity contribution in [1.82, 2.24) is 14.5 Å². The molecule has 1 unspecified atom stereocenters. The number of rotatable bonds is 3. The Hall–Kier alpha value is -2.12. The molecule has 1 saturated carbocycles. The van der Waals surface area contributed by atoms with Crippen molar-refractivity contribution in [2.24, 2.45) is 0 Å². The molecule has 2 aromatic heterocycles. The van der Waals surface area contributed by atoms with Crippen LogP contribution in [0.25, 0.3) is 21.9 Å². The molecule has 1 saturated heterocycles. The minimum absolute atomic E-state index is 0.125. The lowest BCUT2D eigenvalue weighted by Crippen LogP contribution is -2.42. The average molecular weight is 373 g/mol. The van der Waals surface area contributed by atoms with E-state index in [1.807, 2.05) is 24.3 Å². The summed E-state index contributed by atoms with van der Waals surface area (Å²) in [6.07, 6.45) is 3.75. The fourth-order valence-electron chi connectivity index (χ4n) is 4.34. The van der Waals surface area contributed by atoms with Gasteiger partial charge in [0.2, 0.25) is 0 Å². The molecule has 0 radical (unpaired) electrons. The largest absolute Gasteiger partial charge is 0.381 e. The van der Waals surface area contributed by atoms with Gasteiger partial charge < -0.3 is 14.0 Å². The van der Waals surface area contributed by atoms with Crippen molar-refractivity contribution in [2.75, 3.05) is 20.3 Å². The van der Waals surface area contributed by atoms with Crippen molar-refractivity contribution in [2.45, 2.75) is 43.2 Å². The van der Waals surface area contributed by atoms with Crippen LogP contribution >= 0.6 is 0 Å². The third kappa shape index (κ3) is 2.63. The highest BCUT2D eigenvalue weighted by Crippen LogP contribution is 2.45. The van der Waals surface area contributed by atoms with E-state index in [4.69, 9.17) is 14.5 Å². The fourth-order valence-corrected chi connectivity index (χ4v) is 4.34. The van der Waals surface area contributed by atoms with E-state index in [0.717, 1.165) is 35.1 Å². The van der Waals surface area contributed by atoms with Crippen LogP contribution in [0.2, 0.25) is 0 Å². The van der Waals surface area contributed by atoms with Crippen LogP contribution in [-0.2, 0) is 9.47 Å². The molecule has 0 spiro atoms. The Balaban J connectivity index is 1.75. The van der Waals surface area contributed by atoms with Crippen molar-refractivity contribution in [3.8, 4) is 0 Å². The van der Waals surface area contributed by atoms with Crippen LogP contribution in [0.1, 0.15) is 37.0 Å². The number of nitrogens with zero attached hydrogens (tertiary/aromatic N) is 3. The number of para-hydroxylation sites is 1. The van der Waals surface area contributed by atoms with E-state index in [-0.39, 0.29) is 18.4 Å². The number of benzene rings is 1. The molecule has 5 rings (SSSR count). The molecule has 7 heteroatoms. The highest BCUT2D eigenvalue weighted by molar-refractivity contribution is 6.02. The summed E-state index contributed by atoms with van der Waals surface area (Å²) in [4.78, 5) is 9.23. The van der Waals surface area contributed by atoms with Crippen LogP contribution in [-0.4, -0.2) is 46.9 Å². The van der Waals surface area contributed by atoms with Gasteiger partial charge in [-0.3, -0.25) is 4.98 Å². The number of alkyl halides is 2. The van der Waals surface area contributed by atoms with E-state index >= 15 is 0 Å². The number of pyridine rings is 1. The monoisotopic (exact) mass is 373 g/mol. The van der Waals surface area contributed by atoms with Crippen LogP contribution in [0.15, 0.2) is 30.5 Å². The number of imidazole rings is 1. The lowest BCUT2D eigenvalue weighted by molar-refractivity contribution is -0.147. The van der Waals surface area contributed by atoms with Crippen LogP contribution in [0.3, 0.4) is 0 Å². The lowest BCUT2D eigenvalue weighted by atomic mass is 9.81. The van der Waals surface area contributed by atoms with Crippen LogP contribution in [0.5, 0.6) is 0 Å². The van der Waals surface area contributed by atoms with Crippen LogP contribution in [0.4, 0.5) is 8.78 Å². The first-order valence-electron chi connectivity index (χ1n) is 9.32. The van der Waals surface area contributed by atoms with Gasteiger partial charge >= 0.3 is 0 Å². The third-order valence-electron chi connectivity index (χ3n) is 5.87. The molecule has 27 heavy (non-hydrogen) atoms. The molecule has 3 heterocycles. The summed E-state index contributed by atoms with van der Waals surface area (Å²) in [5, 5.41) is 0.860. The predicted molar refractivity (Wildman–Crippen MR) is 97.2 cm³/mol. The van der Waals surface area contributed by atoms with Gasteiger partial charge in [0.15, 0.2) is 0 Å². The van der Waals surface area contributed by atoms with Gasteiger partial charge in [0.05, 0.1) is 23.3 Å². The zero-order valence-corrected chi connectivity index (χ0v) is 15.1. The highest BCUT2D eigenvalue weighted by Gasteiger charge is 2.47. The Morgan fingerprint density at radius 2 is 2.04 bits per heavy atom. The minimum Gasteiger partial charge on any atom is -0.381 e. The fraction of sp³-hybridized carbons (Fsp3) is 0.500. The summed E-state index contributed by atoms with van der Waals surface area (Å²) < 4.78 is 42.0. The number of methoxy groups -OCH3 is 1. The van der Waals surface area contributed by atoms with Gasteiger partial charge in [0.25, 0.3) is 5.92 Å². The maximum atomic E-state index is 14.9. The standard InChI is InChI=1S/C20H21F2N3O2/c1-26-13-8-12(9-13)19-24-16-10-23-15-5-3-2-4-14(15)18(16)25(19)17-6-7-27-11-20(17,21)22/h2-5,10,12-13,17H,6-9,11H2,1H3. The Morgan fingerprint density at radius 1 is 1.22 bits per heavy atom. The molecule has 1 aliphatic carbocycles. The second kappa shape index (κ2) is 6.21. The molecular formula is C20H21F2N3O2. The summed E-state index contributed by atoms with van der Waals surface area (Å²) in [6, 6.07) is 6.69. The first-order valence-corrected chi connectivity index (χ1v) is 9.32. The highest BCUT2D eigenvalue weighted by atomic mass is 19.3. The van der Waals surface area contributed by atoms with Crippen LogP contribution < -0.4 is 0 Å². The van der Waals surface area contributed by atoms with Gasteiger partial charge in [-0.05, 0) is 25.3 Å². The summed E-state index contributed by atoms with van der Waals surface area (Å²) in [5.41, 5.74) is 2.21. The minimum atomic E-state index is -2.94. The molecule has 2 aliphatic rings. The molecule has 0 amide bonds. The predicted octanol–water partition coefficient (Wildman–Crippen LogP) is 4.07. The van der Waals surface area contributed by atoms with Gasteiger partial charge in [-0.25, -0.2) is 13.8 Å². The number of aromatic nitrogens is 3. The molecule has 2 fully saturated rings. The first kappa shape index (κ1) is 17.0. The third-order valence-corrected chi connectivity index (χ3v) is 5.87. The van der Waals surface area contributed by atoms with Crippen LogP contribution in [0, 0.1) is 0 Å². The summed E-state index contributed by atoms with van der Waals surface area (Å²) in [7, 11) is 1.69. The first-order chi connectivity index (χ1) is 13.1. The maximum Gasteiger partial charge on any atom is 0.291 e. The number of hydrogen-bond acceptors (Lipinski definition) is 4. The molecule has 0 N–H and O–H groups in total. The van der Waals surface area contributed by atoms with E-state index in [2.05, 4.69) is 4.98 Å². The topological polar surface area (TPSA) is 49.2 Å². The number of halogens is 2. The molecular weight excluding hydrogens is 352 g/mol. The van der Waals surface area contributed by atoms with Gasteiger partial charge in [-0.15, -0.1) is 0 Å². The Bertz CT molecular complexity index is 997. The molecule has 1 aromatic carbocycles. The summed E-state index contributed by atoms with van der Waals surface area (Å²) >= 11 is 0. The zero-order chi connectivity index (χ0) is 18.6. The van der Waals surface area contributed by atoms with Gasteiger partial charge in [0.1, 0.15) is 24.0 Å². The SMILES string of the molecule is COC1CC(c2nc3cnc4ccccc4c3n2C2CCOCC2(F)F)C1. The smallest absolute Gasteiger partial charge is 0.291 e. The maximum absolute atomic E-state index is 14.9. The Morgan fingerprint density at radius 3 is 2.81 bits per heavy atom. The molecule has 3 aromatic rings. The molecule has 5 nitrogen and oxygen atoms in total. The molecule has 1 atom stereocenters. The lowest BCUT2D eigenvalue weighted by Gasteiger charge is -2.38. The van der Waals surface area contributed by atoms with Gasteiger partial charge in [-0.2, -0.15) is 0 Å². The number of ether oxygens (including phenoxy) is 2. The van der Waals surface area contributed by atoms with E-state index in [0.29, 0.717) is 12.1 Å². The summed E-state index contributed by atoms with van der Waals surface area (Å²) in [6.45, 7) is -0.223. The van der Waals surface area contributed by atoms with E-state index < -0.39 is 18.6 Å². The summed E-state index contributed by atoms with van der Waals surface area (Å²) in [5.74, 6) is -2.09.